The highest BCUT2D eigenvalue weighted by molar-refractivity contribution is 6.01. The molecule has 0 saturated heterocycles. The SMILES string of the molecule is CCOc1ccc(C(=O)NC(C(=O)Nc2ccc(C)cc2)C(C)C)cc1. The molecule has 0 aromatic heterocycles. The predicted molar refractivity (Wildman–Crippen MR) is 104 cm³/mol. The summed E-state index contributed by atoms with van der Waals surface area (Å²) in [6, 6.07) is 13.8. The van der Waals surface area contributed by atoms with E-state index in [9.17, 15) is 9.59 Å². The maximum absolute atomic E-state index is 12.6. The van der Waals surface area contributed by atoms with Crippen LogP contribution < -0.4 is 15.4 Å². The minimum absolute atomic E-state index is 0.0490. The van der Waals surface area contributed by atoms with E-state index in [2.05, 4.69) is 10.6 Å². The van der Waals surface area contributed by atoms with Gasteiger partial charge in [0.25, 0.3) is 5.91 Å². The van der Waals surface area contributed by atoms with Crippen molar-refractivity contribution >= 4 is 17.5 Å². The standard InChI is InChI=1S/C21H26N2O3/c1-5-26-18-12-8-16(9-13-18)20(24)23-19(14(2)3)21(25)22-17-10-6-15(4)7-11-17/h6-14,19H,5H2,1-4H3,(H,22,25)(H,23,24). The summed E-state index contributed by atoms with van der Waals surface area (Å²) in [6.45, 7) is 8.26. The number of ether oxygens (including phenoxy) is 1. The average Bonchev–Trinajstić information content (AvgIpc) is 2.62. The fourth-order valence-corrected chi connectivity index (χ4v) is 2.49. The molecule has 2 amide bonds. The number of rotatable bonds is 7. The normalized spacial score (nSPS) is 11.7. The van der Waals surface area contributed by atoms with Gasteiger partial charge in [-0.25, -0.2) is 0 Å². The van der Waals surface area contributed by atoms with E-state index < -0.39 is 6.04 Å². The Hall–Kier alpha value is -2.82. The Bertz CT molecular complexity index is 737. The molecule has 0 radical (unpaired) electrons. The molecule has 0 heterocycles. The lowest BCUT2D eigenvalue weighted by molar-refractivity contribution is -0.118. The van der Waals surface area contributed by atoms with Gasteiger partial charge in [-0.3, -0.25) is 9.59 Å². The molecule has 5 heteroatoms. The van der Waals surface area contributed by atoms with Crippen LogP contribution >= 0.6 is 0 Å². The summed E-state index contributed by atoms with van der Waals surface area (Å²) in [5, 5.41) is 5.68. The minimum Gasteiger partial charge on any atom is -0.494 e. The summed E-state index contributed by atoms with van der Waals surface area (Å²) < 4.78 is 5.38. The quantitative estimate of drug-likeness (QED) is 0.795. The molecule has 2 rings (SSSR count). The van der Waals surface area contributed by atoms with Crippen molar-refractivity contribution in [3.8, 4) is 5.75 Å². The van der Waals surface area contributed by atoms with E-state index in [1.165, 1.54) is 0 Å². The molecule has 0 aliphatic carbocycles. The third kappa shape index (κ3) is 5.34. The van der Waals surface area contributed by atoms with Crippen LogP contribution in [-0.4, -0.2) is 24.5 Å². The molecule has 1 atom stereocenters. The predicted octanol–water partition coefficient (Wildman–Crippen LogP) is 3.79. The zero-order chi connectivity index (χ0) is 19.1. The lowest BCUT2D eigenvalue weighted by Crippen LogP contribution is -2.47. The molecule has 2 aromatic rings. The van der Waals surface area contributed by atoms with Gasteiger partial charge in [0, 0.05) is 11.3 Å². The van der Waals surface area contributed by atoms with Gasteiger partial charge in [0.2, 0.25) is 5.91 Å². The molecule has 1 unspecified atom stereocenters. The van der Waals surface area contributed by atoms with Gasteiger partial charge in [-0.05, 0) is 56.2 Å². The zero-order valence-electron chi connectivity index (χ0n) is 15.7. The van der Waals surface area contributed by atoms with E-state index in [1.54, 1.807) is 24.3 Å². The van der Waals surface area contributed by atoms with Crippen LogP contribution in [0.2, 0.25) is 0 Å². The second kappa shape index (κ2) is 9.04. The van der Waals surface area contributed by atoms with Crippen molar-refractivity contribution in [3.63, 3.8) is 0 Å². The number of anilines is 1. The number of carbonyl (C=O) groups is 2. The number of carbonyl (C=O) groups excluding carboxylic acids is 2. The van der Waals surface area contributed by atoms with Crippen molar-refractivity contribution in [2.24, 2.45) is 5.92 Å². The monoisotopic (exact) mass is 354 g/mol. The molecule has 0 spiro atoms. The van der Waals surface area contributed by atoms with Crippen LogP contribution in [0.15, 0.2) is 48.5 Å². The molecule has 2 aromatic carbocycles. The van der Waals surface area contributed by atoms with Crippen molar-refractivity contribution in [2.45, 2.75) is 33.7 Å². The van der Waals surface area contributed by atoms with Crippen LogP contribution in [-0.2, 0) is 4.79 Å². The molecule has 0 bridgehead atoms. The highest BCUT2D eigenvalue weighted by Gasteiger charge is 2.24. The van der Waals surface area contributed by atoms with Crippen molar-refractivity contribution < 1.29 is 14.3 Å². The molecule has 26 heavy (non-hydrogen) atoms. The number of nitrogens with one attached hydrogen (secondary N) is 2. The Morgan fingerprint density at radius 3 is 2.15 bits per heavy atom. The number of hydrogen-bond donors (Lipinski definition) is 2. The summed E-state index contributed by atoms with van der Waals surface area (Å²) in [5.41, 5.74) is 2.32. The highest BCUT2D eigenvalue weighted by Crippen LogP contribution is 2.14. The summed E-state index contributed by atoms with van der Waals surface area (Å²) >= 11 is 0. The van der Waals surface area contributed by atoms with Gasteiger partial charge >= 0.3 is 0 Å². The van der Waals surface area contributed by atoms with Crippen molar-refractivity contribution in [3.05, 3.63) is 59.7 Å². The first-order chi connectivity index (χ1) is 12.4. The lowest BCUT2D eigenvalue weighted by Gasteiger charge is -2.22. The molecular weight excluding hydrogens is 328 g/mol. The van der Waals surface area contributed by atoms with Crippen LogP contribution in [0.3, 0.4) is 0 Å². The van der Waals surface area contributed by atoms with Gasteiger partial charge < -0.3 is 15.4 Å². The van der Waals surface area contributed by atoms with Crippen LogP contribution in [0.25, 0.3) is 0 Å². The van der Waals surface area contributed by atoms with Crippen LogP contribution in [0.1, 0.15) is 36.7 Å². The Morgan fingerprint density at radius 1 is 1.00 bits per heavy atom. The molecule has 0 fully saturated rings. The second-order valence-electron chi connectivity index (χ2n) is 6.51. The Morgan fingerprint density at radius 2 is 1.62 bits per heavy atom. The highest BCUT2D eigenvalue weighted by atomic mass is 16.5. The summed E-state index contributed by atoms with van der Waals surface area (Å²) in [5.74, 6) is 0.141. The first kappa shape index (κ1) is 19.5. The fraction of sp³-hybridized carbons (Fsp3) is 0.333. The van der Waals surface area contributed by atoms with Crippen LogP contribution in [0.4, 0.5) is 5.69 Å². The number of aryl methyl sites for hydroxylation is 1. The molecule has 0 aliphatic heterocycles. The van der Waals surface area contributed by atoms with E-state index in [4.69, 9.17) is 4.74 Å². The molecular formula is C21H26N2O3. The summed E-state index contributed by atoms with van der Waals surface area (Å²) in [4.78, 5) is 25.1. The lowest BCUT2D eigenvalue weighted by atomic mass is 10.0. The van der Waals surface area contributed by atoms with Crippen molar-refractivity contribution in [1.29, 1.82) is 0 Å². The average molecular weight is 354 g/mol. The number of amides is 2. The second-order valence-corrected chi connectivity index (χ2v) is 6.51. The van der Waals surface area contributed by atoms with Crippen molar-refractivity contribution in [1.82, 2.24) is 5.32 Å². The van der Waals surface area contributed by atoms with Gasteiger partial charge in [0.1, 0.15) is 11.8 Å². The van der Waals surface area contributed by atoms with E-state index in [1.807, 2.05) is 52.0 Å². The maximum Gasteiger partial charge on any atom is 0.251 e. The van der Waals surface area contributed by atoms with Crippen LogP contribution in [0.5, 0.6) is 5.75 Å². The Balaban J connectivity index is 2.05. The largest absolute Gasteiger partial charge is 0.494 e. The molecule has 0 saturated carbocycles. The minimum atomic E-state index is -0.629. The Labute approximate surface area is 154 Å². The van der Waals surface area contributed by atoms with Gasteiger partial charge in [0.05, 0.1) is 6.61 Å². The van der Waals surface area contributed by atoms with Gasteiger partial charge in [-0.2, -0.15) is 0 Å². The molecule has 138 valence electrons. The number of hydrogen-bond acceptors (Lipinski definition) is 3. The molecule has 2 N–H and O–H groups in total. The van der Waals surface area contributed by atoms with E-state index in [0.29, 0.717) is 23.6 Å². The topological polar surface area (TPSA) is 67.4 Å². The van der Waals surface area contributed by atoms with E-state index in [-0.39, 0.29) is 17.7 Å². The summed E-state index contributed by atoms with van der Waals surface area (Å²) in [6.07, 6.45) is 0. The smallest absolute Gasteiger partial charge is 0.251 e. The molecule has 5 nitrogen and oxygen atoms in total. The Kier molecular flexibility index (Phi) is 6.78. The van der Waals surface area contributed by atoms with Gasteiger partial charge in [0.15, 0.2) is 0 Å². The third-order valence-corrected chi connectivity index (χ3v) is 3.98. The maximum atomic E-state index is 12.6. The van der Waals surface area contributed by atoms with E-state index >= 15 is 0 Å². The van der Waals surface area contributed by atoms with Crippen LogP contribution in [0, 0.1) is 12.8 Å². The number of benzene rings is 2. The molecule has 0 aliphatic rings. The first-order valence-electron chi connectivity index (χ1n) is 8.82. The van der Waals surface area contributed by atoms with E-state index in [0.717, 1.165) is 5.56 Å². The van der Waals surface area contributed by atoms with Crippen molar-refractivity contribution in [2.75, 3.05) is 11.9 Å². The van der Waals surface area contributed by atoms with Gasteiger partial charge in [-0.1, -0.05) is 31.5 Å². The third-order valence-electron chi connectivity index (χ3n) is 3.98. The van der Waals surface area contributed by atoms with Gasteiger partial charge in [-0.15, -0.1) is 0 Å². The first-order valence-corrected chi connectivity index (χ1v) is 8.82. The fourth-order valence-electron chi connectivity index (χ4n) is 2.49. The summed E-state index contributed by atoms with van der Waals surface area (Å²) in [7, 11) is 0. The zero-order valence-corrected chi connectivity index (χ0v) is 15.7.